The number of aliphatic hydroxyl groups excluding tert-OH is 1. The van der Waals surface area contributed by atoms with Crippen molar-refractivity contribution in [3.63, 3.8) is 0 Å². The van der Waals surface area contributed by atoms with Gasteiger partial charge in [0.2, 0.25) is 0 Å². The molecule has 2 N–H and O–H groups in total. The number of nitrogens with zero attached hydrogens (tertiary/aromatic N) is 1. The highest BCUT2D eigenvalue weighted by Gasteiger charge is 2.04. The maximum absolute atomic E-state index is 10.6. The number of fused-ring (bicyclic) bond motifs is 1. The fourth-order valence-electron chi connectivity index (χ4n) is 1.69. The third kappa shape index (κ3) is 5.35. The molecule has 0 radical (unpaired) electrons. The second-order valence-corrected chi connectivity index (χ2v) is 5.63. The van der Waals surface area contributed by atoms with Crippen LogP contribution in [0.5, 0.6) is 0 Å². The Kier molecular flexibility index (Phi) is 8.97. The lowest BCUT2D eigenvalue weighted by molar-refractivity contribution is 0.112. The highest BCUT2D eigenvalue weighted by atomic mass is 32.2. The Bertz CT molecular complexity index is 712. The molecule has 0 fully saturated rings. The van der Waals surface area contributed by atoms with Crippen LogP contribution in [0.1, 0.15) is 24.2 Å². The van der Waals surface area contributed by atoms with E-state index in [1.165, 1.54) is 16.6 Å². The summed E-state index contributed by atoms with van der Waals surface area (Å²) in [5.74, 6) is 0. The molecule has 6 heteroatoms. The molecule has 0 bridgehead atoms. The molecule has 0 unspecified atom stereocenters. The van der Waals surface area contributed by atoms with Gasteiger partial charge >= 0.3 is 0 Å². The SMILES string of the molecule is CC.CO.O=Cc1ccc(NSc2cccc3scnc23)cc1. The van der Waals surface area contributed by atoms with Crippen molar-refractivity contribution in [3.05, 3.63) is 53.5 Å². The molecule has 0 saturated heterocycles. The number of nitrogens with one attached hydrogen (secondary N) is 1. The third-order valence-electron chi connectivity index (χ3n) is 2.65. The van der Waals surface area contributed by atoms with E-state index in [0.29, 0.717) is 5.56 Å². The van der Waals surface area contributed by atoms with Crippen LogP contribution in [0.4, 0.5) is 5.69 Å². The number of para-hydroxylation sites is 1. The van der Waals surface area contributed by atoms with Gasteiger partial charge in [-0.1, -0.05) is 19.9 Å². The maximum Gasteiger partial charge on any atom is 0.150 e. The Morgan fingerprint density at radius 3 is 2.48 bits per heavy atom. The van der Waals surface area contributed by atoms with Crippen molar-refractivity contribution in [2.24, 2.45) is 0 Å². The van der Waals surface area contributed by atoms with Gasteiger partial charge in [-0.05, 0) is 48.3 Å². The van der Waals surface area contributed by atoms with E-state index in [1.54, 1.807) is 23.5 Å². The van der Waals surface area contributed by atoms with Crippen LogP contribution in [-0.2, 0) is 0 Å². The van der Waals surface area contributed by atoms with Crippen LogP contribution in [0.15, 0.2) is 52.9 Å². The molecule has 3 aromatic rings. The van der Waals surface area contributed by atoms with Crippen molar-refractivity contribution in [1.82, 2.24) is 4.98 Å². The van der Waals surface area contributed by atoms with E-state index in [-0.39, 0.29) is 0 Å². The number of carbonyl (C=O) groups excluding carboxylic acids is 1. The number of aldehydes is 1. The Morgan fingerprint density at radius 1 is 1.13 bits per heavy atom. The lowest BCUT2D eigenvalue weighted by Crippen LogP contribution is -1.88. The molecular formula is C17H20N2O2S2. The molecule has 0 spiro atoms. The van der Waals surface area contributed by atoms with Crippen LogP contribution in [0.3, 0.4) is 0 Å². The van der Waals surface area contributed by atoms with Gasteiger partial charge in [-0.2, -0.15) is 0 Å². The first kappa shape index (κ1) is 19.2. The maximum atomic E-state index is 10.6. The average Bonchev–Trinajstić information content (AvgIpc) is 3.13. The van der Waals surface area contributed by atoms with Crippen molar-refractivity contribution >= 4 is 45.5 Å². The van der Waals surface area contributed by atoms with Gasteiger partial charge in [0.05, 0.1) is 20.6 Å². The average molecular weight is 348 g/mol. The van der Waals surface area contributed by atoms with Crippen molar-refractivity contribution < 1.29 is 9.90 Å². The number of benzene rings is 2. The van der Waals surface area contributed by atoms with Crippen LogP contribution in [0.25, 0.3) is 10.2 Å². The van der Waals surface area contributed by atoms with Gasteiger partial charge in [0.1, 0.15) is 6.29 Å². The number of thiazole rings is 1. The van der Waals surface area contributed by atoms with Crippen molar-refractivity contribution in [2.45, 2.75) is 18.7 Å². The van der Waals surface area contributed by atoms with E-state index in [4.69, 9.17) is 5.11 Å². The number of hydrogen-bond donors (Lipinski definition) is 2. The Morgan fingerprint density at radius 2 is 1.83 bits per heavy atom. The van der Waals surface area contributed by atoms with Gasteiger partial charge in [-0.15, -0.1) is 11.3 Å². The molecule has 0 atom stereocenters. The van der Waals surface area contributed by atoms with E-state index in [9.17, 15) is 4.79 Å². The number of aromatic nitrogens is 1. The first-order chi connectivity index (χ1) is 11.4. The number of hydrogen-bond acceptors (Lipinski definition) is 6. The Labute approximate surface area is 144 Å². The largest absolute Gasteiger partial charge is 0.400 e. The van der Waals surface area contributed by atoms with Gasteiger partial charge < -0.3 is 9.83 Å². The predicted octanol–water partition coefficient (Wildman–Crippen LogP) is 4.86. The quantitative estimate of drug-likeness (QED) is 0.520. The lowest BCUT2D eigenvalue weighted by atomic mass is 10.2. The first-order valence-electron chi connectivity index (χ1n) is 7.12. The Hall–Kier alpha value is -1.89. The topological polar surface area (TPSA) is 62.2 Å². The Balaban J connectivity index is 0.000000615. The highest BCUT2D eigenvalue weighted by molar-refractivity contribution is 8.00. The zero-order valence-electron chi connectivity index (χ0n) is 13.3. The molecule has 3 rings (SSSR count). The van der Waals surface area contributed by atoms with Gasteiger partial charge in [0, 0.05) is 18.4 Å². The molecule has 0 aliphatic heterocycles. The molecular weight excluding hydrogens is 328 g/mol. The molecule has 0 saturated carbocycles. The van der Waals surface area contributed by atoms with Gasteiger partial charge in [-0.3, -0.25) is 4.79 Å². The molecule has 4 nitrogen and oxygen atoms in total. The summed E-state index contributed by atoms with van der Waals surface area (Å²) in [6.45, 7) is 4.00. The highest BCUT2D eigenvalue weighted by Crippen LogP contribution is 2.29. The molecule has 1 heterocycles. The summed E-state index contributed by atoms with van der Waals surface area (Å²) in [6.07, 6.45) is 0.840. The van der Waals surface area contributed by atoms with E-state index in [0.717, 1.165) is 29.5 Å². The monoisotopic (exact) mass is 348 g/mol. The van der Waals surface area contributed by atoms with E-state index >= 15 is 0 Å². The molecule has 0 aliphatic rings. The smallest absolute Gasteiger partial charge is 0.150 e. The normalized spacial score (nSPS) is 9.22. The van der Waals surface area contributed by atoms with Gasteiger partial charge in [0.15, 0.2) is 0 Å². The number of anilines is 1. The number of carbonyl (C=O) groups is 1. The zero-order chi connectivity index (χ0) is 17.1. The van der Waals surface area contributed by atoms with Crippen LogP contribution >= 0.6 is 23.3 Å². The van der Waals surface area contributed by atoms with Crippen LogP contribution < -0.4 is 4.72 Å². The fraction of sp³-hybridized carbons (Fsp3) is 0.176. The first-order valence-corrected chi connectivity index (χ1v) is 8.81. The fourth-order valence-corrected chi connectivity index (χ4v) is 3.22. The predicted molar refractivity (Wildman–Crippen MR) is 100 cm³/mol. The van der Waals surface area contributed by atoms with E-state index in [2.05, 4.69) is 15.8 Å². The summed E-state index contributed by atoms with van der Waals surface area (Å²) in [5, 5.41) is 7.00. The molecule has 122 valence electrons. The summed E-state index contributed by atoms with van der Waals surface area (Å²) in [5.41, 5.74) is 4.52. The van der Waals surface area contributed by atoms with Crippen LogP contribution in [0.2, 0.25) is 0 Å². The minimum absolute atomic E-state index is 0.678. The summed E-state index contributed by atoms with van der Waals surface area (Å²) in [6, 6.07) is 13.5. The summed E-state index contributed by atoms with van der Waals surface area (Å²) >= 11 is 3.16. The summed E-state index contributed by atoms with van der Waals surface area (Å²) in [4.78, 5) is 16.0. The summed E-state index contributed by atoms with van der Waals surface area (Å²) < 4.78 is 4.44. The van der Waals surface area contributed by atoms with Crippen LogP contribution in [0, 0.1) is 0 Å². The molecule has 1 aromatic heterocycles. The van der Waals surface area contributed by atoms with E-state index < -0.39 is 0 Å². The van der Waals surface area contributed by atoms with Crippen molar-refractivity contribution in [1.29, 1.82) is 0 Å². The van der Waals surface area contributed by atoms with Crippen LogP contribution in [-0.4, -0.2) is 23.5 Å². The lowest BCUT2D eigenvalue weighted by Gasteiger charge is -2.05. The molecule has 2 aromatic carbocycles. The van der Waals surface area contributed by atoms with Gasteiger partial charge in [0.25, 0.3) is 0 Å². The molecule has 0 amide bonds. The molecule has 0 aliphatic carbocycles. The molecule has 23 heavy (non-hydrogen) atoms. The number of rotatable bonds is 4. The van der Waals surface area contributed by atoms with Crippen molar-refractivity contribution in [3.8, 4) is 0 Å². The zero-order valence-corrected chi connectivity index (χ0v) is 14.9. The second kappa shape index (κ2) is 10.8. The minimum atomic E-state index is 0.678. The third-order valence-corrected chi connectivity index (χ3v) is 4.33. The van der Waals surface area contributed by atoms with Gasteiger partial charge in [-0.25, -0.2) is 4.98 Å². The van der Waals surface area contributed by atoms with E-state index in [1.807, 2.05) is 43.6 Å². The second-order valence-electron chi connectivity index (χ2n) is 3.90. The minimum Gasteiger partial charge on any atom is -0.400 e. The van der Waals surface area contributed by atoms with Crippen molar-refractivity contribution in [2.75, 3.05) is 11.8 Å². The standard InChI is InChI=1S/C14H10N2OS2.C2H6.CH4O/c17-8-10-4-6-11(7-5-10)16-19-13-3-1-2-12-14(13)15-9-18-12;2*1-2/h1-9,16H;1-2H3;2H,1H3. The summed E-state index contributed by atoms with van der Waals surface area (Å²) in [7, 11) is 1.00. The number of aliphatic hydroxyl groups is 1.